The average molecular weight is 259 g/mol. The predicted octanol–water partition coefficient (Wildman–Crippen LogP) is 1.93. The van der Waals surface area contributed by atoms with Gasteiger partial charge in [0.2, 0.25) is 0 Å². The Balaban J connectivity index is 1.99. The van der Waals surface area contributed by atoms with Gasteiger partial charge in [0.05, 0.1) is 11.8 Å². The van der Waals surface area contributed by atoms with Gasteiger partial charge in [0, 0.05) is 32.2 Å². The van der Waals surface area contributed by atoms with Crippen LogP contribution in [0.25, 0.3) is 0 Å². The first-order valence-electron chi connectivity index (χ1n) is 5.92. The number of likely N-dealkylation sites (N-methyl/N-ethyl adjacent to an activating group) is 1. The molecule has 5 heteroatoms. The van der Waals surface area contributed by atoms with Gasteiger partial charge in [-0.1, -0.05) is 0 Å². The molecule has 0 spiro atoms. The van der Waals surface area contributed by atoms with E-state index in [4.69, 9.17) is 0 Å². The summed E-state index contributed by atoms with van der Waals surface area (Å²) in [6, 6.07) is 5.18. The Labute approximate surface area is 110 Å². The lowest BCUT2D eigenvalue weighted by molar-refractivity contribution is 0.0792. The summed E-state index contributed by atoms with van der Waals surface area (Å²) in [6.45, 7) is 0.518. The highest BCUT2D eigenvalue weighted by atomic mass is 19.1. The first kappa shape index (κ1) is 13.1. The number of rotatable bonds is 4. The maximum Gasteiger partial charge on any atom is 0.256 e. The summed E-state index contributed by atoms with van der Waals surface area (Å²) in [5.41, 5.74) is 1.14. The molecule has 98 valence electrons. The van der Waals surface area contributed by atoms with E-state index >= 15 is 0 Å². The van der Waals surface area contributed by atoms with Gasteiger partial charge < -0.3 is 4.90 Å². The van der Waals surface area contributed by atoms with Crippen molar-refractivity contribution in [1.82, 2.24) is 14.9 Å². The minimum absolute atomic E-state index is 0.0484. The van der Waals surface area contributed by atoms with E-state index in [1.165, 1.54) is 17.2 Å². The zero-order chi connectivity index (χ0) is 13.7. The largest absolute Gasteiger partial charge is 0.341 e. The molecule has 0 atom stereocenters. The number of aromatic nitrogens is 2. The van der Waals surface area contributed by atoms with Crippen molar-refractivity contribution < 1.29 is 9.18 Å². The van der Waals surface area contributed by atoms with E-state index < -0.39 is 5.82 Å². The molecule has 4 nitrogen and oxygen atoms in total. The Morgan fingerprint density at radius 1 is 1.21 bits per heavy atom. The number of nitrogens with zero attached hydrogens (tertiary/aromatic N) is 3. The van der Waals surface area contributed by atoms with Crippen LogP contribution in [-0.4, -0.2) is 34.4 Å². The number of amides is 1. The van der Waals surface area contributed by atoms with Crippen molar-refractivity contribution in [2.45, 2.75) is 6.42 Å². The summed E-state index contributed by atoms with van der Waals surface area (Å²) in [7, 11) is 1.66. The Kier molecular flexibility index (Phi) is 4.18. The van der Waals surface area contributed by atoms with E-state index in [2.05, 4.69) is 9.97 Å². The van der Waals surface area contributed by atoms with Crippen LogP contribution in [0.15, 0.2) is 43.0 Å². The molecule has 0 bridgehead atoms. The summed E-state index contributed by atoms with van der Waals surface area (Å²) < 4.78 is 13.4. The Morgan fingerprint density at radius 2 is 1.89 bits per heavy atom. The van der Waals surface area contributed by atoms with Gasteiger partial charge in [-0.05, 0) is 30.2 Å². The standard InChI is InChI=1S/C14H14FN3O/c1-18(9-5-11-2-6-16-7-3-11)14(19)12-4-8-17-10-13(12)15/h2-4,6-8,10H,5,9H2,1H3. The lowest BCUT2D eigenvalue weighted by Gasteiger charge is -2.17. The van der Waals surface area contributed by atoms with E-state index in [9.17, 15) is 9.18 Å². The van der Waals surface area contributed by atoms with Crippen molar-refractivity contribution in [2.24, 2.45) is 0 Å². The molecule has 0 aliphatic heterocycles. The van der Waals surface area contributed by atoms with Crippen LogP contribution in [0.2, 0.25) is 0 Å². The van der Waals surface area contributed by atoms with Crippen molar-refractivity contribution >= 4 is 5.91 Å². The van der Waals surface area contributed by atoms with E-state index in [0.29, 0.717) is 13.0 Å². The summed E-state index contributed by atoms with van der Waals surface area (Å²) >= 11 is 0. The van der Waals surface area contributed by atoms with Crippen molar-refractivity contribution in [1.29, 1.82) is 0 Å². The predicted molar refractivity (Wildman–Crippen MR) is 69.1 cm³/mol. The normalized spacial score (nSPS) is 10.2. The van der Waals surface area contributed by atoms with E-state index in [-0.39, 0.29) is 11.5 Å². The van der Waals surface area contributed by atoms with Crippen LogP contribution < -0.4 is 0 Å². The Morgan fingerprint density at radius 3 is 2.58 bits per heavy atom. The second-order valence-corrected chi connectivity index (χ2v) is 4.19. The summed E-state index contributed by atoms with van der Waals surface area (Å²) in [6.07, 6.45) is 6.58. The molecule has 19 heavy (non-hydrogen) atoms. The highest BCUT2D eigenvalue weighted by molar-refractivity contribution is 5.94. The van der Waals surface area contributed by atoms with Crippen LogP contribution in [0.5, 0.6) is 0 Å². The lowest BCUT2D eigenvalue weighted by Crippen LogP contribution is -2.29. The van der Waals surface area contributed by atoms with Crippen molar-refractivity contribution in [3.8, 4) is 0 Å². The fourth-order valence-electron chi connectivity index (χ4n) is 1.70. The van der Waals surface area contributed by atoms with Gasteiger partial charge in [0.1, 0.15) is 0 Å². The van der Waals surface area contributed by atoms with Gasteiger partial charge in [0.25, 0.3) is 5.91 Å². The van der Waals surface area contributed by atoms with Gasteiger partial charge in [-0.15, -0.1) is 0 Å². The van der Waals surface area contributed by atoms with Crippen LogP contribution in [0, 0.1) is 5.82 Å². The molecular formula is C14H14FN3O. The molecule has 0 radical (unpaired) electrons. The summed E-state index contributed by atoms with van der Waals surface area (Å²) in [5, 5.41) is 0. The van der Waals surface area contributed by atoms with E-state index in [0.717, 1.165) is 11.8 Å². The van der Waals surface area contributed by atoms with E-state index in [1.807, 2.05) is 12.1 Å². The topological polar surface area (TPSA) is 46.1 Å². The molecular weight excluding hydrogens is 245 g/mol. The second kappa shape index (κ2) is 6.04. The maximum atomic E-state index is 13.4. The number of hydrogen-bond donors (Lipinski definition) is 0. The second-order valence-electron chi connectivity index (χ2n) is 4.19. The molecule has 1 amide bonds. The van der Waals surface area contributed by atoms with Crippen LogP contribution >= 0.6 is 0 Å². The molecule has 0 unspecified atom stereocenters. The molecule has 0 N–H and O–H groups in total. The first-order chi connectivity index (χ1) is 9.18. The lowest BCUT2D eigenvalue weighted by atomic mass is 10.2. The van der Waals surface area contributed by atoms with Crippen molar-refractivity contribution in [3.63, 3.8) is 0 Å². The number of hydrogen-bond acceptors (Lipinski definition) is 3. The molecule has 0 aliphatic carbocycles. The minimum atomic E-state index is -0.594. The first-order valence-corrected chi connectivity index (χ1v) is 5.92. The molecule has 0 saturated heterocycles. The van der Waals surface area contributed by atoms with Gasteiger partial charge in [-0.2, -0.15) is 0 Å². The Bertz CT molecular complexity index is 560. The van der Waals surface area contributed by atoms with Crippen LogP contribution in [0.1, 0.15) is 15.9 Å². The molecule has 0 fully saturated rings. The maximum absolute atomic E-state index is 13.4. The number of carbonyl (C=O) groups excluding carboxylic acids is 1. The molecule has 0 aromatic carbocycles. The highest BCUT2D eigenvalue weighted by Gasteiger charge is 2.15. The van der Waals surface area contributed by atoms with E-state index in [1.54, 1.807) is 19.4 Å². The summed E-state index contributed by atoms with van der Waals surface area (Å²) in [5.74, 6) is -0.933. The highest BCUT2D eigenvalue weighted by Crippen LogP contribution is 2.08. The third-order valence-corrected chi connectivity index (χ3v) is 2.83. The quantitative estimate of drug-likeness (QED) is 0.842. The fraction of sp³-hybridized carbons (Fsp3) is 0.214. The zero-order valence-corrected chi connectivity index (χ0v) is 10.6. The van der Waals surface area contributed by atoms with Crippen LogP contribution in [-0.2, 0) is 6.42 Å². The van der Waals surface area contributed by atoms with Crippen LogP contribution in [0.4, 0.5) is 4.39 Å². The molecule has 0 saturated carbocycles. The van der Waals surface area contributed by atoms with Crippen LogP contribution in [0.3, 0.4) is 0 Å². The van der Waals surface area contributed by atoms with Gasteiger partial charge >= 0.3 is 0 Å². The number of halogens is 1. The summed E-state index contributed by atoms with van der Waals surface area (Å²) in [4.78, 5) is 21.1. The minimum Gasteiger partial charge on any atom is -0.341 e. The molecule has 2 rings (SSSR count). The van der Waals surface area contributed by atoms with Gasteiger partial charge in [0.15, 0.2) is 5.82 Å². The smallest absolute Gasteiger partial charge is 0.256 e. The molecule has 2 aromatic rings. The third-order valence-electron chi connectivity index (χ3n) is 2.83. The number of carbonyl (C=O) groups is 1. The SMILES string of the molecule is CN(CCc1ccncc1)C(=O)c1ccncc1F. The fourth-order valence-corrected chi connectivity index (χ4v) is 1.70. The average Bonchev–Trinajstić information content (AvgIpc) is 2.45. The van der Waals surface area contributed by atoms with Gasteiger partial charge in [-0.25, -0.2) is 4.39 Å². The number of pyridine rings is 2. The molecule has 2 heterocycles. The van der Waals surface area contributed by atoms with Crippen molar-refractivity contribution in [2.75, 3.05) is 13.6 Å². The zero-order valence-electron chi connectivity index (χ0n) is 10.6. The molecule has 0 aliphatic rings. The molecule has 2 aromatic heterocycles. The third kappa shape index (κ3) is 3.34. The van der Waals surface area contributed by atoms with Gasteiger partial charge in [-0.3, -0.25) is 14.8 Å². The monoisotopic (exact) mass is 259 g/mol. The Hall–Kier alpha value is -2.30. The van der Waals surface area contributed by atoms with Crippen molar-refractivity contribution in [3.05, 3.63) is 59.9 Å².